The van der Waals surface area contributed by atoms with Crippen molar-refractivity contribution in [3.05, 3.63) is 29.8 Å². The molecule has 0 amide bonds. The molecule has 0 aromatic heterocycles. The quantitative estimate of drug-likeness (QED) is 0.899. The van der Waals surface area contributed by atoms with Crippen molar-refractivity contribution in [1.82, 2.24) is 10.2 Å². The molecule has 0 aliphatic carbocycles. The van der Waals surface area contributed by atoms with Crippen molar-refractivity contribution >= 4 is 11.8 Å². The van der Waals surface area contributed by atoms with Crippen LogP contribution in [0, 0.1) is 5.41 Å². The fraction of sp³-hybridized carbons (Fsp3) is 0.667. The van der Waals surface area contributed by atoms with Crippen molar-refractivity contribution in [2.45, 2.75) is 50.6 Å². The maximum Gasteiger partial charge on any atom is 0.0244 e. The number of hydrogen-bond acceptors (Lipinski definition) is 3. The van der Waals surface area contributed by atoms with E-state index >= 15 is 0 Å². The minimum Gasteiger partial charge on any atom is -0.311 e. The molecule has 1 N–H and O–H groups in total. The molecule has 2 aliphatic heterocycles. The number of nitrogens with one attached hydrogen (secondary N) is 1. The predicted octanol–water partition coefficient (Wildman–Crippen LogP) is 3.58. The lowest BCUT2D eigenvalue weighted by atomic mass is 9.84. The second kappa shape index (κ2) is 5.94. The Morgan fingerprint density at radius 2 is 2.05 bits per heavy atom. The summed E-state index contributed by atoms with van der Waals surface area (Å²) in [6.07, 6.45) is 0. The average molecular weight is 305 g/mol. The summed E-state index contributed by atoms with van der Waals surface area (Å²) in [7, 11) is 0. The van der Waals surface area contributed by atoms with Gasteiger partial charge in [0, 0.05) is 48.3 Å². The number of fused-ring (bicyclic) bond motifs is 1. The highest BCUT2D eigenvalue weighted by atomic mass is 32.2. The largest absolute Gasteiger partial charge is 0.311 e. The molecule has 1 aromatic carbocycles. The Labute approximate surface area is 133 Å². The number of thioether (sulfide) groups is 1. The Bertz CT molecular complexity index is 494. The van der Waals surface area contributed by atoms with E-state index in [1.165, 1.54) is 23.7 Å². The van der Waals surface area contributed by atoms with Gasteiger partial charge in [-0.05, 0) is 24.0 Å². The zero-order valence-corrected chi connectivity index (χ0v) is 14.5. The van der Waals surface area contributed by atoms with Gasteiger partial charge in [0.25, 0.3) is 0 Å². The molecular formula is C18H28N2S. The first-order valence-corrected chi connectivity index (χ1v) is 9.13. The molecule has 1 aromatic rings. The minimum atomic E-state index is 0.334. The summed E-state index contributed by atoms with van der Waals surface area (Å²) >= 11 is 2.03. The van der Waals surface area contributed by atoms with Crippen LogP contribution in [0.15, 0.2) is 29.2 Å². The fourth-order valence-corrected chi connectivity index (χ4v) is 4.66. The highest BCUT2D eigenvalue weighted by Gasteiger charge is 2.34. The maximum atomic E-state index is 3.74. The number of hydrogen-bond donors (Lipinski definition) is 1. The monoisotopic (exact) mass is 304 g/mol. The van der Waals surface area contributed by atoms with Gasteiger partial charge < -0.3 is 5.32 Å². The minimum absolute atomic E-state index is 0.334. The highest BCUT2D eigenvalue weighted by Crippen LogP contribution is 2.40. The van der Waals surface area contributed by atoms with Crippen LogP contribution in [0.4, 0.5) is 0 Å². The number of piperazine rings is 1. The van der Waals surface area contributed by atoms with Gasteiger partial charge >= 0.3 is 0 Å². The van der Waals surface area contributed by atoms with Gasteiger partial charge in [-0.2, -0.15) is 0 Å². The van der Waals surface area contributed by atoms with E-state index in [2.05, 4.69) is 62.2 Å². The summed E-state index contributed by atoms with van der Waals surface area (Å²) in [5, 5.41) is 3.74. The standard InChI is InChI=1S/C18H28N2S/c1-13-9-19-17(18(2,3)4)11-20(13)10-14-12-21-16-8-6-5-7-15(14)16/h5-8,13-14,17,19H,9-12H2,1-4H3. The first kappa shape index (κ1) is 15.4. The van der Waals surface area contributed by atoms with Gasteiger partial charge in [0.15, 0.2) is 0 Å². The summed E-state index contributed by atoms with van der Waals surface area (Å²) in [6.45, 7) is 12.9. The Balaban J connectivity index is 1.69. The van der Waals surface area contributed by atoms with Crippen molar-refractivity contribution in [2.24, 2.45) is 5.41 Å². The predicted molar refractivity (Wildman–Crippen MR) is 92.2 cm³/mol. The molecule has 116 valence electrons. The summed E-state index contributed by atoms with van der Waals surface area (Å²) in [5.74, 6) is 1.95. The summed E-state index contributed by atoms with van der Waals surface area (Å²) in [4.78, 5) is 4.21. The van der Waals surface area contributed by atoms with Crippen molar-refractivity contribution < 1.29 is 0 Å². The third kappa shape index (κ3) is 3.30. The van der Waals surface area contributed by atoms with Gasteiger partial charge in [0.1, 0.15) is 0 Å². The first-order chi connectivity index (χ1) is 9.95. The van der Waals surface area contributed by atoms with Gasteiger partial charge in [0.05, 0.1) is 0 Å². The second-order valence-electron chi connectivity index (χ2n) is 7.68. The van der Waals surface area contributed by atoms with Gasteiger partial charge in [-0.3, -0.25) is 4.90 Å². The third-order valence-corrected chi connectivity index (χ3v) is 6.25. The van der Waals surface area contributed by atoms with Crippen LogP contribution in [0.2, 0.25) is 0 Å². The summed E-state index contributed by atoms with van der Waals surface area (Å²) < 4.78 is 0. The number of rotatable bonds is 2. The van der Waals surface area contributed by atoms with E-state index in [1.54, 1.807) is 5.56 Å². The van der Waals surface area contributed by atoms with Gasteiger partial charge in [-0.1, -0.05) is 39.0 Å². The van der Waals surface area contributed by atoms with E-state index < -0.39 is 0 Å². The lowest BCUT2D eigenvalue weighted by molar-refractivity contribution is 0.0899. The van der Waals surface area contributed by atoms with Crippen LogP contribution in [0.3, 0.4) is 0 Å². The zero-order valence-electron chi connectivity index (χ0n) is 13.7. The van der Waals surface area contributed by atoms with Gasteiger partial charge in [0.2, 0.25) is 0 Å². The topological polar surface area (TPSA) is 15.3 Å². The summed E-state index contributed by atoms with van der Waals surface area (Å²) in [5.41, 5.74) is 1.90. The molecule has 2 heterocycles. The van der Waals surface area contributed by atoms with E-state index in [0.29, 0.717) is 23.4 Å². The second-order valence-corrected chi connectivity index (χ2v) is 8.74. The molecule has 2 nitrogen and oxygen atoms in total. The van der Waals surface area contributed by atoms with E-state index in [0.717, 1.165) is 6.54 Å². The van der Waals surface area contributed by atoms with E-state index in [-0.39, 0.29) is 0 Å². The van der Waals surface area contributed by atoms with Gasteiger partial charge in [-0.25, -0.2) is 0 Å². The Kier molecular flexibility index (Phi) is 4.35. The van der Waals surface area contributed by atoms with Crippen LogP contribution >= 0.6 is 11.8 Å². The van der Waals surface area contributed by atoms with Crippen molar-refractivity contribution in [3.8, 4) is 0 Å². The van der Waals surface area contributed by atoms with E-state index in [1.807, 2.05) is 11.8 Å². The molecule has 21 heavy (non-hydrogen) atoms. The van der Waals surface area contributed by atoms with E-state index in [4.69, 9.17) is 0 Å². The molecule has 1 saturated heterocycles. The number of benzene rings is 1. The molecule has 3 rings (SSSR count). The lowest BCUT2D eigenvalue weighted by Gasteiger charge is -2.44. The zero-order chi connectivity index (χ0) is 15.0. The molecule has 0 spiro atoms. The molecule has 2 aliphatic rings. The highest BCUT2D eigenvalue weighted by molar-refractivity contribution is 7.99. The van der Waals surface area contributed by atoms with Crippen molar-refractivity contribution in [3.63, 3.8) is 0 Å². The van der Waals surface area contributed by atoms with Crippen LogP contribution < -0.4 is 5.32 Å². The normalized spacial score (nSPS) is 30.4. The SMILES string of the molecule is CC1CNC(C(C)(C)C)CN1CC1CSc2ccccc21. The number of nitrogens with zero attached hydrogens (tertiary/aromatic N) is 1. The van der Waals surface area contributed by atoms with Gasteiger partial charge in [-0.15, -0.1) is 11.8 Å². The third-order valence-electron chi connectivity index (χ3n) is 5.00. The van der Waals surface area contributed by atoms with Crippen LogP contribution in [0.25, 0.3) is 0 Å². The summed E-state index contributed by atoms with van der Waals surface area (Å²) in [6, 6.07) is 10.2. The molecule has 3 heteroatoms. The van der Waals surface area contributed by atoms with Crippen LogP contribution in [0.1, 0.15) is 39.2 Å². The van der Waals surface area contributed by atoms with Crippen LogP contribution in [-0.4, -0.2) is 42.4 Å². The maximum absolute atomic E-state index is 3.74. The van der Waals surface area contributed by atoms with Crippen molar-refractivity contribution in [1.29, 1.82) is 0 Å². The average Bonchev–Trinajstić information content (AvgIpc) is 2.83. The first-order valence-electron chi connectivity index (χ1n) is 8.14. The fourth-order valence-electron chi connectivity index (χ4n) is 3.42. The molecule has 0 saturated carbocycles. The molecular weight excluding hydrogens is 276 g/mol. The molecule has 0 bridgehead atoms. The van der Waals surface area contributed by atoms with Crippen LogP contribution in [0.5, 0.6) is 0 Å². The molecule has 3 atom stereocenters. The molecule has 0 radical (unpaired) electrons. The smallest absolute Gasteiger partial charge is 0.0244 e. The lowest BCUT2D eigenvalue weighted by Crippen LogP contribution is -2.60. The van der Waals surface area contributed by atoms with E-state index in [9.17, 15) is 0 Å². The molecule has 1 fully saturated rings. The Hall–Kier alpha value is -0.510. The van der Waals surface area contributed by atoms with Crippen LogP contribution in [-0.2, 0) is 0 Å². The van der Waals surface area contributed by atoms with Crippen molar-refractivity contribution in [2.75, 3.05) is 25.4 Å². The Morgan fingerprint density at radius 1 is 1.29 bits per heavy atom. The Morgan fingerprint density at radius 3 is 2.81 bits per heavy atom. The molecule has 3 unspecified atom stereocenters.